The second kappa shape index (κ2) is 4.19. The lowest BCUT2D eigenvalue weighted by Gasteiger charge is -1.99. The highest BCUT2D eigenvalue weighted by Crippen LogP contribution is 2.10. The van der Waals surface area contributed by atoms with Crippen LogP contribution < -0.4 is 0 Å². The van der Waals surface area contributed by atoms with Crippen LogP contribution in [0.25, 0.3) is 0 Å². The smallest absolute Gasteiger partial charge is 0.112 e. The van der Waals surface area contributed by atoms with Crippen molar-refractivity contribution >= 4 is 15.9 Å². The van der Waals surface area contributed by atoms with Gasteiger partial charge in [-0.2, -0.15) is 0 Å². The zero-order valence-corrected chi connectivity index (χ0v) is 7.67. The molecule has 0 bridgehead atoms. The van der Waals surface area contributed by atoms with Gasteiger partial charge in [0.05, 0.1) is 6.26 Å². The topological polar surface area (TPSA) is 9.23 Å². The van der Waals surface area contributed by atoms with Crippen molar-refractivity contribution in [2.24, 2.45) is 0 Å². The molecule has 0 unspecified atom stereocenters. The highest BCUT2D eigenvalue weighted by molar-refractivity contribution is 9.10. The van der Waals surface area contributed by atoms with Crippen molar-refractivity contribution in [1.82, 2.24) is 0 Å². The predicted molar refractivity (Wildman–Crippen MR) is 49.1 cm³/mol. The largest absolute Gasteiger partial charge is 0.497 e. The van der Waals surface area contributed by atoms with Gasteiger partial charge in [-0.15, -0.1) is 0 Å². The van der Waals surface area contributed by atoms with E-state index in [9.17, 15) is 0 Å². The van der Waals surface area contributed by atoms with E-state index in [0.717, 1.165) is 10.0 Å². The van der Waals surface area contributed by atoms with E-state index in [0.29, 0.717) is 6.61 Å². The molecule has 0 amide bonds. The number of hydrogen-bond acceptors (Lipinski definition) is 1. The fourth-order valence-corrected chi connectivity index (χ4v) is 1.00. The Bertz CT molecular complexity index is 228. The van der Waals surface area contributed by atoms with Crippen molar-refractivity contribution in [3.05, 3.63) is 47.1 Å². The SMILES string of the molecule is C=COCc1ccc(Br)cc1. The van der Waals surface area contributed by atoms with Crippen LogP contribution in [-0.2, 0) is 11.3 Å². The molecule has 2 heteroatoms. The normalized spacial score (nSPS) is 9.18. The molecular formula is C9H9BrO. The molecule has 0 N–H and O–H groups in total. The first-order chi connectivity index (χ1) is 5.33. The molecule has 0 saturated carbocycles. The molecule has 1 aromatic carbocycles. The summed E-state index contributed by atoms with van der Waals surface area (Å²) in [5, 5.41) is 0. The summed E-state index contributed by atoms with van der Waals surface area (Å²) in [7, 11) is 0. The van der Waals surface area contributed by atoms with E-state index in [1.165, 1.54) is 6.26 Å². The van der Waals surface area contributed by atoms with Gasteiger partial charge >= 0.3 is 0 Å². The number of ether oxygens (including phenoxy) is 1. The van der Waals surface area contributed by atoms with Gasteiger partial charge in [-0.05, 0) is 17.7 Å². The van der Waals surface area contributed by atoms with Crippen LogP contribution in [0.3, 0.4) is 0 Å². The summed E-state index contributed by atoms with van der Waals surface area (Å²) in [5.74, 6) is 0. The summed E-state index contributed by atoms with van der Waals surface area (Å²) >= 11 is 3.35. The Balaban J connectivity index is 2.58. The molecule has 11 heavy (non-hydrogen) atoms. The van der Waals surface area contributed by atoms with Crippen molar-refractivity contribution in [2.45, 2.75) is 6.61 Å². The van der Waals surface area contributed by atoms with Crippen LogP contribution in [0.4, 0.5) is 0 Å². The molecule has 58 valence electrons. The van der Waals surface area contributed by atoms with Crippen LogP contribution >= 0.6 is 15.9 Å². The minimum Gasteiger partial charge on any atom is -0.497 e. The number of benzene rings is 1. The van der Waals surface area contributed by atoms with E-state index in [1.807, 2.05) is 24.3 Å². The zero-order chi connectivity index (χ0) is 8.10. The predicted octanol–water partition coefficient (Wildman–Crippen LogP) is 3.11. The Hall–Kier alpha value is -0.760. The first-order valence-electron chi connectivity index (χ1n) is 3.30. The second-order valence-corrected chi connectivity index (χ2v) is 3.02. The van der Waals surface area contributed by atoms with Crippen molar-refractivity contribution in [1.29, 1.82) is 0 Å². The molecule has 1 nitrogen and oxygen atoms in total. The van der Waals surface area contributed by atoms with Gasteiger partial charge in [0.1, 0.15) is 6.61 Å². The summed E-state index contributed by atoms with van der Waals surface area (Å²) in [4.78, 5) is 0. The number of halogens is 1. The van der Waals surface area contributed by atoms with Gasteiger partial charge in [-0.3, -0.25) is 0 Å². The van der Waals surface area contributed by atoms with Gasteiger partial charge in [0, 0.05) is 4.47 Å². The van der Waals surface area contributed by atoms with E-state index in [1.54, 1.807) is 0 Å². The lowest BCUT2D eigenvalue weighted by atomic mass is 10.2. The molecule has 0 saturated heterocycles. The van der Waals surface area contributed by atoms with E-state index < -0.39 is 0 Å². The van der Waals surface area contributed by atoms with Crippen molar-refractivity contribution in [3.8, 4) is 0 Å². The third kappa shape index (κ3) is 2.76. The fourth-order valence-electron chi connectivity index (χ4n) is 0.736. The highest BCUT2D eigenvalue weighted by Gasteiger charge is 1.90. The highest BCUT2D eigenvalue weighted by atomic mass is 79.9. The molecule has 0 aromatic heterocycles. The maximum Gasteiger partial charge on any atom is 0.112 e. The molecule has 0 radical (unpaired) electrons. The summed E-state index contributed by atoms with van der Waals surface area (Å²) in [5.41, 5.74) is 1.15. The van der Waals surface area contributed by atoms with Crippen LogP contribution in [0.15, 0.2) is 41.6 Å². The molecule has 0 aliphatic heterocycles. The summed E-state index contributed by atoms with van der Waals surface area (Å²) < 4.78 is 6.09. The average molecular weight is 213 g/mol. The summed E-state index contributed by atoms with van der Waals surface area (Å²) in [6, 6.07) is 7.99. The van der Waals surface area contributed by atoms with Crippen LogP contribution in [-0.4, -0.2) is 0 Å². The molecule has 1 aromatic rings. The maximum atomic E-state index is 5.01. The van der Waals surface area contributed by atoms with E-state index in [4.69, 9.17) is 4.74 Å². The lowest BCUT2D eigenvalue weighted by molar-refractivity contribution is 0.237. The third-order valence-corrected chi connectivity index (χ3v) is 1.81. The molecule has 0 aliphatic carbocycles. The van der Waals surface area contributed by atoms with E-state index in [-0.39, 0.29) is 0 Å². The Morgan fingerprint density at radius 1 is 1.36 bits per heavy atom. The van der Waals surface area contributed by atoms with E-state index in [2.05, 4.69) is 22.5 Å². The van der Waals surface area contributed by atoms with Crippen LogP contribution in [0.2, 0.25) is 0 Å². The molecule has 0 spiro atoms. The zero-order valence-electron chi connectivity index (χ0n) is 6.09. The molecule has 0 atom stereocenters. The van der Waals surface area contributed by atoms with Gasteiger partial charge < -0.3 is 4.74 Å². The van der Waals surface area contributed by atoms with Crippen LogP contribution in [0, 0.1) is 0 Å². The summed E-state index contributed by atoms with van der Waals surface area (Å²) in [6.45, 7) is 4.06. The Morgan fingerprint density at radius 3 is 2.55 bits per heavy atom. The van der Waals surface area contributed by atoms with Crippen LogP contribution in [0.1, 0.15) is 5.56 Å². The molecule has 0 aliphatic rings. The first kappa shape index (κ1) is 8.34. The third-order valence-electron chi connectivity index (χ3n) is 1.28. The monoisotopic (exact) mass is 212 g/mol. The summed E-state index contributed by atoms with van der Waals surface area (Å²) in [6.07, 6.45) is 1.45. The standard InChI is InChI=1S/C9H9BrO/c1-2-11-7-8-3-5-9(10)6-4-8/h2-6H,1,7H2. The van der Waals surface area contributed by atoms with E-state index >= 15 is 0 Å². The molecule has 0 fully saturated rings. The molecular weight excluding hydrogens is 204 g/mol. The minimum absolute atomic E-state index is 0.594. The second-order valence-electron chi connectivity index (χ2n) is 2.10. The first-order valence-corrected chi connectivity index (χ1v) is 4.09. The number of rotatable bonds is 3. The Kier molecular flexibility index (Phi) is 3.17. The number of hydrogen-bond donors (Lipinski definition) is 0. The van der Waals surface area contributed by atoms with Crippen molar-refractivity contribution in [2.75, 3.05) is 0 Å². The van der Waals surface area contributed by atoms with Gasteiger partial charge in [-0.1, -0.05) is 34.6 Å². The quantitative estimate of drug-likeness (QED) is 0.701. The maximum absolute atomic E-state index is 5.01. The van der Waals surface area contributed by atoms with Crippen molar-refractivity contribution in [3.63, 3.8) is 0 Å². The Morgan fingerprint density at radius 2 is 2.00 bits per heavy atom. The van der Waals surface area contributed by atoms with Gasteiger partial charge in [0.25, 0.3) is 0 Å². The average Bonchev–Trinajstić information content (AvgIpc) is 2.04. The molecule has 0 heterocycles. The lowest BCUT2D eigenvalue weighted by Crippen LogP contribution is -1.84. The molecule has 1 rings (SSSR count). The van der Waals surface area contributed by atoms with Crippen molar-refractivity contribution < 1.29 is 4.74 Å². The fraction of sp³-hybridized carbons (Fsp3) is 0.111. The minimum atomic E-state index is 0.594. The van der Waals surface area contributed by atoms with Gasteiger partial charge in [0.15, 0.2) is 0 Å². The Labute approximate surface area is 74.8 Å². The van der Waals surface area contributed by atoms with Gasteiger partial charge in [-0.25, -0.2) is 0 Å². The van der Waals surface area contributed by atoms with Crippen LogP contribution in [0.5, 0.6) is 0 Å². The van der Waals surface area contributed by atoms with Gasteiger partial charge in [0.2, 0.25) is 0 Å².